The molecule has 1 aromatic carbocycles. The van der Waals surface area contributed by atoms with Gasteiger partial charge in [0, 0.05) is 6.54 Å². The maximum atomic E-state index is 12.0. The molecule has 0 saturated heterocycles. The smallest absolute Gasteiger partial charge is 0.339 e. The van der Waals surface area contributed by atoms with Gasteiger partial charge in [0.1, 0.15) is 0 Å². The first-order valence-corrected chi connectivity index (χ1v) is 7.62. The summed E-state index contributed by atoms with van der Waals surface area (Å²) in [5.74, 6) is -0.424. The Morgan fingerprint density at radius 2 is 1.95 bits per heavy atom. The molecular formula is C13H19NO4S. The normalized spacial score (nSPS) is 11.6. The molecule has 0 aliphatic heterocycles. The minimum Gasteiger partial charge on any atom is -0.462 e. The van der Waals surface area contributed by atoms with E-state index in [9.17, 15) is 13.2 Å². The summed E-state index contributed by atoms with van der Waals surface area (Å²) in [6, 6.07) is 6.03. The van der Waals surface area contributed by atoms with Crippen LogP contribution in [0.1, 0.15) is 31.1 Å². The van der Waals surface area contributed by atoms with Crippen molar-refractivity contribution in [2.24, 2.45) is 5.92 Å². The molecule has 0 heterocycles. The summed E-state index contributed by atoms with van der Waals surface area (Å²) in [5, 5.41) is 0. The van der Waals surface area contributed by atoms with Crippen molar-refractivity contribution in [2.45, 2.75) is 25.7 Å². The number of nitrogens with one attached hydrogen (secondary N) is 1. The molecule has 0 aromatic heterocycles. The van der Waals surface area contributed by atoms with Gasteiger partial charge in [-0.1, -0.05) is 32.9 Å². The second-order valence-electron chi connectivity index (χ2n) is 4.49. The summed E-state index contributed by atoms with van der Waals surface area (Å²) >= 11 is 0. The van der Waals surface area contributed by atoms with Crippen LogP contribution >= 0.6 is 0 Å². The van der Waals surface area contributed by atoms with Gasteiger partial charge < -0.3 is 4.74 Å². The highest BCUT2D eigenvalue weighted by atomic mass is 32.2. The summed E-state index contributed by atoms with van der Waals surface area (Å²) in [7, 11) is -3.68. The van der Waals surface area contributed by atoms with Crippen molar-refractivity contribution >= 4 is 16.0 Å². The van der Waals surface area contributed by atoms with E-state index in [1.54, 1.807) is 19.1 Å². The van der Waals surface area contributed by atoms with Crippen LogP contribution in [0.15, 0.2) is 29.2 Å². The van der Waals surface area contributed by atoms with E-state index in [1.165, 1.54) is 12.1 Å². The molecule has 1 N–H and O–H groups in total. The molecule has 19 heavy (non-hydrogen) atoms. The predicted molar refractivity (Wildman–Crippen MR) is 72.4 cm³/mol. The van der Waals surface area contributed by atoms with E-state index < -0.39 is 16.0 Å². The molecule has 0 radical (unpaired) electrons. The minimum absolute atomic E-state index is 0.0504. The van der Waals surface area contributed by atoms with E-state index in [0.717, 1.165) is 0 Å². The Kier molecular flexibility index (Phi) is 5.50. The molecule has 1 aromatic rings. The molecule has 0 amide bonds. The predicted octanol–water partition coefficient (Wildman–Crippen LogP) is 1.80. The molecule has 0 unspecified atom stereocenters. The highest BCUT2D eigenvalue weighted by molar-refractivity contribution is 7.89. The van der Waals surface area contributed by atoms with Crippen LogP contribution in [-0.2, 0) is 14.8 Å². The van der Waals surface area contributed by atoms with Crippen LogP contribution in [0.3, 0.4) is 0 Å². The molecule has 0 aliphatic carbocycles. The number of hydrogen-bond acceptors (Lipinski definition) is 4. The average molecular weight is 285 g/mol. The SMILES string of the molecule is CCNS(=O)(=O)c1ccccc1C(=O)OCC(C)C. The lowest BCUT2D eigenvalue weighted by Crippen LogP contribution is -2.25. The van der Waals surface area contributed by atoms with Gasteiger partial charge >= 0.3 is 5.97 Å². The van der Waals surface area contributed by atoms with E-state index in [1.807, 2.05) is 13.8 Å². The van der Waals surface area contributed by atoms with Crippen LogP contribution in [0.2, 0.25) is 0 Å². The Balaban J connectivity index is 3.06. The molecule has 0 aliphatic rings. The first kappa shape index (κ1) is 15.7. The summed E-state index contributed by atoms with van der Waals surface area (Å²) in [6.07, 6.45) is 0. The van der Waals surface area contributed by atoms with Crippen LogP contribution < -0.4 is 4.72 Å². The van der Waals surface area contributed by atoms with Crippen molar-refractivity contribution in [3.05, 3.63) is 29.8 Å². The van der Waals surface area contributed by atoms with Gasteiger partial charge in [0.25, 0.3) is 0 Å². The number of benzene rings is 1. The quantitative estimate of drug-likeness (QED) is 0.809. The summed E-state index contributed by atoms with van der Waals surface area (Å²) < 4.78 is 31.4. The fraction of sp³-hybridized carbons (Fsp3) is 0.462. The zero-order valence-electron chi connectivity index (χ0n) is 11.3. The van der Waals surface area contributed by atoms with E-state index in [-0.39, 0.29) is 29.5 Å². The Bertz CT molecular complexity index is 537. The van der Waals surface area contributed by atoms with Crippen molar-refractivity contribution < 1.29 is 17.9 Å². The molecule has 0 fully saturated rings. The molecular weight excluding hydrogens is 266 g/mol. The molecule has 0 atom stereocenters. The molecule has 1 rings (SSSR count). The van der Waals surface area contributed by atoms with Crippen LogP contribution in [0, 0.1) is 5.92 Å². The fourth-order valence-electron chi connectivity index (χ4n) is 1.46. The molecule has 0 spiro atoms. The minimum atomic E-state index is -3.68. The lowest BCUT2D eigenvalue weighted by atomic mass is 10.2. The summed E-state index contributed by atoms with van der Waals surface area (Å²) in [6.45, 7) is 6.02. The lowest BCUT2D eigenvalue weighted by Gasteiger charge is -2.11. The first-order chi connectivity index (χ1) is 8.88. The number of esters is 1. The topological polar surface area (TPSA) is 72.5 Å². The number of rotatable bonds is 6. The molecule has 106 valence electrons. The lowest BCUT2D eigenvalue weighted by molar-refractivity contribution is 0.0454. The van der Waals surface area contributed by atoms with Crippen molar-refractivity contribution in [3.63, 3.8) is 0 Å². The third-order valence-electron chi connectivity index (χ3n) is 2.28. The standard InChI is InChI=1S/C13H19NO4S/c1-4-14-19(16,17)12-8-6-5-7-11(12)13(15)18-9-10(2)3/h5-8,10,14H,4,9H2,1-3H3. The third-order valence-corrected chi connectivity index (χ3v) is 3.88. The van der Waals surface area contributed by atoms with Gasteiger partial charge in [0.05, 0.1) is 17.1 Å². The van der Waals surface area contributed by atoms with Gasteiger partial charge in [-0.3, -0.25) is 0 Å². The molecule has 6 heteroatoms. The summed E-state index contributed by atoms with van der Waals surface area (Å²) in [5.41, 5.74) is 0.0594. The molecule has 5 nitrogen and oxygen atoms in total. The maximum Gasteiger partial charge on any atom is 0.339 e. The Labute approximate surface area is 114 Å². The van der Waals surface area contributed by atoms with Gasteiger partial charge in [-0.2, -0.15) is 0 Å². The van der Waals surface area contributed by atoms with Crippen LogP contribution in [0.4, 0.5) is 0 Å². The second-order valence-corrected chi connectivity index (χ2v) is 6.23. The van der Waals surface area contributed by atoms with Crippen molar-refractivity contribution in [2.75, 3.05) is 13.2 Å². The van der Waals surface area contributed by atoms with E-state index in [0.29, 0.717) is 0 Å². The number of ether oxygens (including phenoxy) is 1. The Hall–Kier alpha value is -1.40. The second kappa shape index (κ2) is 6.68. The maximum absolute atomic E-state index is 12.0. The van der Waals surface area contributed by atoms with Crippen LogP contribution in [0.5, 0.6) is 0 Å². The van der Waals surface area contributed by atoms with Crippen molar-refractivity contribution in [3.8, 4) is 0 Å². The third kappa shape index (κ3) is 4.33. The average Bonchev–Trinajstić information content (AvgIpc) is 2.36. The van der Waals surface area contributed by atoms with Gasteiger partial charge in [-0.05, 0) is 18.1 Å². The Morgan fingerprint density at radius 1 is 1.32 bits per heavy atom. The van der Waals surface area contributed by atoms with Crippen LogP contribution in [-0.4, -0.2) is 27.5 Å². The zero-order chi connectivity index (χ0) is 14.5. The van der Waals surface area contributed by atoms with Crippen LogP contribution in [0.25, 0.3) is 0 Å². The van der Waals surface area contributed by atoms with E-state index in [4.69, 9.17) is 4.74 Å². The largest absolute Gasteiger partial charge is 0.462 e. The highest BCUT2D eigenvalue weighted by Gasteiger charge is 2.22. The van der Waals surface area contributed by atoms with E-state index >= 15 is 0 Å². The van der Waals surface area contributed by atoms with Gasteiger partial charge in [-0.15, -0.1) is 0 Å². The van der Waals surface area contributed by atoms with E-state index in [2.05, 4.69) is 4.72 Å². The summed E-state index contributed by atoms with van der Waals surface area (Å²) in [4.78, 5) is 11.9. The zero-order valence-corrected chi connectivity index (χ0v) is 12.2. The number of hydrogen-bond donors (Lipinski definition) is 1. The molecule has 0 saturated carbocycles. The number of carbonyl (C=O) groups is 1. The first-order valence-electron chi connectivity index (χ1n) is 6.14. The Morgan fingerprint density at radius 3 is 2.53 bits per heavy atom. The van der Waals surface area contributed by atoms with Gasteiger partial charge in [-0.25, -0.2) is 17.9 Å². The van der Waals surface area contributed by atoms with Gasteiger partial charge in [0.2, 0.25) is 10.0 Å². The molecule has 0 bridgehead atoms. The van der Waals surface area contributed by atoms with Gasteiger partial charge in [0.15, 0.2) is 0 Å². The number of carbonyl (C=O) groups excluding carboxylic acids is 1. The highest BCUT2D eigenvalue weighted by Crippen LogP contribution is 2.16. The van der Waals surface area contributed by atoms with Crippen molar-refractivity contribution in [1.29, 1.82) is 0 Å². The van der Waals surface area contributed by atoms with Crippen molar-refractivity contribution in [1.82, 2.24) is 4.72 Å². The number of sulfonamides is 1. The monoisotopic (exact) mass is 285 g/mol. The fourth-order valence-corrected chi connectivity index (χ4v) is 2.69.